The van der Waals surface area contributed by atoms with Crippen molar-refractivity contribution in [2.45, 2.75) is 64.8 Å². The van der Waals surface area contributed by atoms with E-state index in [4.69, 9.17) is 14.2 Å². The van der Waals surface area contributed by atoms with E-state index in [9.17, 15) is 0 Å². The zero-order valence-electron chi connectivity index (χ0n) is 10.8. The van der Waals surface area contributed by atoms with Gasteiger partial charge >= 0.3 is 0 Å². The van der Waals surface area contributed by atoms with Gasteiger partial charge in [0, 0.05) is 19.6 Å². The van der Waals surface area contributed by atoms with Crippen molar-refractivity contribution in [3.63, 3.8) is 0 Å². The third kappa shape index (κ3) is 4.81. The molecule has 0 saturated carbocycles. The standard InChI is InChI=1S/C13H26O3/c1-3-14-13(15-4-2)11-9-7-5-6-8-10-12-16-13/h3-12H2,1-2H3. The average molecular weight is 230 g/mol. The van der Waals surface area contributed by atoms with E-state index in [1.165, 1.54) is 25.7 Å². The summed E-state index contributed by atoms with van der Waals surface area (Å²) in [6, 6.07) is 0. The summed E-state index contributed by atoms with van der Waals surface area (Å²) < 4.78 is 17.2. The SMILES string of the molecule is CCOC1(OCC)CCCCCCCCO1. The van der Waals surface area contributed by atoms with E-state index in [0.29, 0.717) is 13.2 Å². The van der Waals surface area contributed by atoms with Crippen LogP contribution in [0.5, 0.6) is 0 Å². The molecule has 1 saturated heterocycles. The van der Waals surface area contributed by atoms with Gasteiger partial charge in [0.15, 0.2) is 0 Å². The zero-order chi connectivity index (χ0) is 11.7. The highest BCUT2D eigenvalue weighted by molar-refractivity contribution is 4.61. The molecular weight excluding hydrogens is 204 g/mol. The molecule has 0 aliphatic carbocycles. The molecule has 0 aromatic rings. The monoisotopic (exact) mass is 230 g/mol. The molecule has 1 fully saturated rings. The number of ether oxygens (including phenoxy) is 3. The largest absolute Gasteiger partial charge is 0.328 e. The van der Waals surface area contributed by atoms with Gasteiger partial charge < -0.3 is 14.2 Å². The lowest BCUT2D eigenvalue weighted by Crippen LogP contribution is -2.40. The molecule has 0 aromatic heterocycles. The fourth-order valence-electron chi connectivity index (χ4n) is 2.16. The molecular formula is C13H26O3. The van der Waals surface area contributed by atoms with Crippen molar-refractivity contribution in [1.29, 1.82) is 0 Å². The van der Waals surface area contributed by atoms with Gasteiger partial charge in [-0.2, -0.15) is 0 Å². The van der Waals surface area contributed by atoms with Crippen LogP contribution in [-0.2, 0) is 14.2 Å². The first-order valence-electron chi connectivity index (χ1n) is 6.75. The topological polar surface area (TPSA) is 27.7 Å². The summed E-state index contributed by atoms with van der Waals surface area (Å²) in [5.74, 6) is -0.763. The van der Waals surface area contributed by atoms with E-state index >= 15 is 0 Å². The second-order valence-electron chi connectivity index (χ2n) is 4.27. The maximum Gasteiger partial charge on any atom is 0.282 e. The molecule has 0 unspecified atom stereocenters. The minimum absolute atomic E-state index is 0.639. The van der Waals surface area contributed by atoms with Crippen LogP contribution in [0.2, 0.25) is 0 Å². The molecule has 16 heavy (non-hydrogen) atoms. The molecule has 1 rings (SSSR count). The van der Waals surface area contributed by atoms with E-state index in [1.54, 1.807) is 0 Å². The molecule has 1 aliphatic rings. The van der Waals surface area contributed by atoms with Crippen molar-refractivity contribution in [1.82, 2.24) is 0 Å². The van der Waals surface area contributed by atoms with Crippen LogP contribution >= 0.6 is 0 Å². The summed E-state index contributed by atoms with van der Waals surface area (Å²) in [5, 5.41) is 0. The molecule has 3 nitrogen and oxygen atoms in total. The van der Waals surface area contributed by atoms with Crippen LogP contribution in [0.25, 0.3) is 0 Å². The predicted octanol–water partition coefficient (Wildman–Crippen LogP) is 3.47. The number of hydrogen-bond acceptors (Lipinski definition) is 3. The van der Waals surface area contributed by atoms with Gasteiger partial charge in [-0.3, -0.25) is 0 Å². The lowest BCUT2D eigenvalue weighted by Gasteiger charge is -2.33. The Labute approximate surface area is 99.5 Å². The molecule has 0 spiro atoms. The Morgan fingerprint density at radius 2 is 1.44 bits per heavy atom. The third-order valence-electron chi connectivity index (χ3n) is 2.93. The van der Waals surface area contributed by atoms with Crippen molar-refractivity contribution in [2.24, 2.45) is 0 Å². The molecule has 0 N–H and O–H groups in total. The number of hydrogen-bond donors (Lipinski definition) is 0. The molecule has 1 heterocycles. The highest BCUT2D eigenvalue weighted by Gasteiger charge is 2.32. The van der Waals surface area contributed by atoms with Crippen LogP contribution in [-0.4, -0.2) is 25.8 Å². The first kappa shape index (κ1) is 13.9. The second-order valence-corrected chi connectivity index (χ2v) is 4.27. The molecule has 1 aliphatic heterocycles. The number of rotatable bonds is 4. The summed E-state index contributed by atoms with van der Waals surface area (Å²) >= 11 is 0. The van der Waals surface area contributed by atoms with Crippen molar-refractivity contribution >= 4 is 0 Å². The predicted molar refractivity (Wildman–Crippen MR) is 64.3 cm³/mol. The molecule has 0 aromatic carbocycles. The Balaban J connectivity index is 2.52. The van der Waals surface area contributed by atoms with Crippen molar-refractivity contribution < 1.29 is 14.2 Å². The van der Waals surface area contributed by atoms with E-state index in [0.717, 1.165) is 25.9 Å². The van der Waals surface area contributed by atoms with E-state index in [2.05, 4.69) is 0 Å². The van der Waals surface area contributed by atoms with Crippen LogP contribution in [0.4, 0.5) is 0 Å². The first-order chi connectivity index (χ1) is 7.83. The molecule has 0 amide bonds. The van der Waals surface area contributed by atoms with Gasteiger partial charge in [0.2, 0.25) is 0 Å². The summed E-state index contributed by atoms with van der Waals surface area (Å²) in [7, 11) is 0. The molecule has 96 valence electrons. The van der Waals surface area contributed by atoms with Gasteiger partial charge in [-0.25, -0.2) is 0 Å². The van der Waals surface area contributed by atoms with Crippen molar-refractivity contribution in [2.75, 3.05) is 19.8 Å². The molecule has 0 bridgehead atoms. The quantitative estimate of drug-likeness (QED) is 0.692. The highest BCUT2D eigenvalue weighted by Crippen LogP contribution is 2.25. The van der Waals surface area contributed by atoms with E-state index in [1.807, 2.05) is 13.8 Å². The van der Waals surface area contributed by atoms with E-state index < -0.39 is 5.97 Å². The Hall–Kier alpha value is -0.120. The van der Waals surface area contributed by atoms with E-state index in [-0.39, 0.29) is 0 Å². The maximum absolute atomic E-state index is 5.84. The van der Waals surface area contributed by atoms with Crippen LogP contribution in [0.3, 0.4) is 0 Å². The van der Waals surface area contributed by atoms with Gasteiger partial charge in [0.05, 0.1) is 6.61 Å². The summed E-state index contributed by atoms with van der Waals surface area (Å²) in [6.07, 6.45) is 8.27. The fourth-order valence-corrected chi connectivity index (χ4v) is 2.16. The lowest BCUT2D eigenvalue weighted by molar-refractivity contribution is -0.381. The Morgan fingerprint density at radius 3 is 2.06 bits per heavy atom. The fraction of sp³-hybridized carbons (Fsp3) is 1.00. The van der Waals surface area contributed by atoms with Crippen molar-refractivity contribution in [3.05, 3.63) is 0 Å². The maximum atomic E-state index is 5.84. The second kappa shape index (κ2) is 8.04. The van der Waals surface area contributed by atoms with Gasteiger partial charge in [0.25, 0.3) is 5.97 Å². The normalized spacial score (nSPS) is 22.9. The van der Waals surface area contributed by atoms with Crippen LogP contribution in [0.15, 0.2) is 0 Å². The molecule has 0 atom stereocenters. The average Bonchev–Trinajstić information content (AvgIpc) is 2.28. The Bertz CT molecular complexity index is 153. The smallest absolute Gasteiger partial charge is 0.282 e. The van der Waals surface area contributed by atoms with Crippen molar-refractivity contribution in [3.8, 4) is 0 Å². The summed E-state index contributed by atoms with van der Waals surface area (Å²) in [6.45, 7) is 6.01. The summed E-state index contributed by atoms with van der Waals surface area (Å²) in [4.78, 5) is 0. The highest BCUT2D eigenvalue weighted by atomic mass is 16.9. The van der Waals surface area contributed by atoms with Crippen LogP contribution in [0.1, 0.15) is 58.8 Å². The molecule has 0 radical (unpaired) electrons. The van der Waals surface area contributed by atoms with Gasteiger partial charge in [0.1, 0.15) is 0 Å². The minimum atomic E-state index is -0.763. The Morgan fingerprint density at radius 1 is 0.875 bits per heavy atom. The summed E-state index contributed by atoms with van der Waals surface area (Å²) in [5.41, 5.74) is 0. The third-order valence-corrected chi connectivity index (χ3v) is 2.93. The first-order valence-corrected chi connectivity index (χ1v) is 6.75. The van der Waals surface area contributed by atoms with Crippen LogP contribution < -0.4 is 0 Å². The van der Waals surface area contributed by atoms with Gasteiger partial charge in [-0.05, 0) is 26.7 Å². The van der Waals surface area contributed by atoms with Gasteiger partial charge in [-0.1, -0.05) is 25.7 Å². The zero-order valence-corrected chi connectivity index (χ0v) is 10.8. The minimum Gasteiger partial charge on any atom is -0.328 e. The van der Waals surface area contributed by atoms with Crippen LogP contribution in [0, 0.1) is 0 Å². The van der Waals surface area contributed by atoms with Gasteiger partial charge in [-0.15, -0.1) is 0 Å². The lowest BCUT2D eigenvalue weighted by atomic mass is 10.1. The Kier molecular flexibility index (Phi) is 7.01. The molecule has 3 heteroatoms.